The van der Waals surface area contributed by atoms with Crippen molar-refractivity contribution in [2.45, 2.75) is 56.2 Å². The zero-order valence-corrected chi connectivity index (χ0v) is 21.9. The predicted molar refractivity (Wildman–Crippen MR) is 145 cm³/mol. The van der Waals surface area contributed by atoms with Crippen LogP contribution in [0.15, 0.2) is 52.9 Å². The van der Waals surface area contributed by atoms with E-state index in [0.29, 0.717) is 42.8 Å². The summed E-state index contributed by atoms with van der Waals surface area (Å²) in [5.74, 6) is -0.537. The van der Waals surface area contributed by atoms with Crippen LogP contribution in [0.1, 0.15) is 49.1 Å². The Kier molecular flexibility index (Phi) is 7.80. The Bertz CT molecular complexity index is 1280. The number of carbonyl (C=O) groups excluding carboxylic acids is 2. The number of anilines is 1. The summed E-state index contributed by atoms with van der Waals surface area (Å²) >= 11 is 4.07. The minimum atomic E-state index is -1.07. The van der Waals surface area contributed by atoms with E-state index in [1.807, 2.05) is 23.1 Å². The number of fused-ring (bicyclic) bond motifs is 1. The minimum Gasteiger partial charge on any atom is -0.481 e. The fourth-order valence-electron chi connectivity index (χ4n) is 5.50. The summed E-state index contributed by atoms with van der Waals surface area (Å²) in [6.45, 7) is 0.757. The normalized spacial score (nSPS) is 21.2. The molecule has 2 aromatic carbocycles. The van der Waals surface area contributed by atoms with Gasteiger partial charge in [-0.2, -0.15) is 0 Å². The molecule has 1 saturated heterocycles. The molecule has 2 fully saturated rings. The van der Waals surface area contributed by atoms with Gasteiger partial charge in [0.15, 0.2) is 5.76 Å². The highest BCUT2D eigenvalue weighted by atomic mass is 32.1. The van der Waals surface area contributed by atoms with Crippen LogP contribution in [0.2, 0.25) is 0 Å². The van der Waals surface area contributed by atoms with Gasteiger partial charge in [-0.25, -0.2) is 4.39 Å². The number of rotatable bonds is 7. The Morgan fingerprint density at radius 2 is 1.95 bits per heavy atom. The standard InChI is InChI=1S/C28H32FN3O5S/c29-19-8-9-21(24(15-19)36-17-38)32-13-10-20(22(33)16-32)30-27(35)28(11-4-1-5-12-28)31-26(34)25-14-18-6-2-3-7-23(18)37-25/h2-3,6-9,14-15,20,22,33,38H,1,4-5,10-13,16-17H2,(H,30,35)(H,31,34). The molecule has 1 aromatic heterocycles. The Morgan fingerprint density at radius 3 is 2.68 bits per heavy atom. The molecule has 8 nitrogen and oxygen atoms in total. The number of thiol groups is 1. The molecule has 5 rings (SSSR count). The highest BCUT2D eigenvalue weighted by molar-refractivity contribution is 7.80. The molecule has 2 atom stereocenters. The molecule has 1 saturated carbocycles. The molecule has 0 spiro atoms. The van der Waals surface area contributed by atoms with Crippen LogP contribution in [0.3, 0.4) is 0 Å². The number of aliphatic hydroxyl groups excluding tert-OH is 1. The van der Waals surface area contributed by atoms with Crippen molar-refractivity contribution in [2.75, 3.05) is 23.9 Å². The van der Waals surface area contributed by atoms with E-state index in [0.717, 1.165) is 24.6 Å². The number of β-amino-alcohol motifs (C(OH)–C–C–N with tert-alkyl or cyclic N) is 1. The first-order chi connectivity index (χ1) is 18.4. The SMILES string of the molecule is O=C(NC1(C(=O)NC2CCN(c3ccc(F)cc3OCS)CC2O)CCCCC1)c1cc2ccccc2o1. The zero-order valence-electron chi connectivity index (χ0n) is 21.0. The van der Waals surface area contributed by atoms with Crippen LogP contribution in [0.25, 0.3) is 11.0 Å². The van der Waals surface area contributed by atoms with Crippen LogP contribution in [-0.4, -0.2) is 53.6 Å². The summed E-state index contributed by atoms with van der Waals surface area (Å²) in [6, 6.07) is 12.8. The molecule has 3 N–H and O–H groups in total. The van der Waals surface area contributed by atoms with E-state index in [2.05, 4.69) is 23.3 Å². The van der Waals surface area contributed by atoms with Gasteiger partial charge in [-0.05, 0) is 43.5 Å². The van der Waals surface area contributed by atoms with Gasteiger partial charge in [0, 0.05) is 24.5 Å². The van der Waals surface area contributed by atoms with Crippen molar-refractivity contribution in [2.24, 2.45) is 0 Å². The quantitative estimate of drug-likeness (QED) is 0.266. The van der Waals surface area contributed by atoms with Crippen LogP contribution in [0.4, 0.5) is 10.1 Å². The number of nitrogens with zero attached hydrogens (tertiary/aromatic N) is 1. The second-order valence-corrected chi connectivity index (χ2v) is 10.3. The lowest BCUT2D eigenvalue weighted by Crippen LogP contribution is -2.64. The van der Waals surface area contributed by atoms with E-state index in [-0.39, 0.29) is 24.2 Å². The largest absolute Gasteiger partial charge is 0.481 e. The van der Waals surface area contributed by atoms with Gasteiger partial charge >= 0.3 is 0 Å². The Morgan fingerprint density at radius 1 is 1.16 bits per heavy atom. The highest BCUT2D eigenvalue weighted by Gasteiger charge is 2.43. The highest BCUT2D eigenvalue weighted by Crippen LogP contribution is 2.33. The zero-order chi connectivity index (χ0) is 26.7. The van der Waals surface area contributed by atoms with Crippen molar-refractivity contribution in [3.05, 3.63) is 60.1 Å². The lowest BCUT2D eigenvalue weighted by atomic mass is 9.80. The van der Waals surface area contributed by atoms with E-state index in [1.165, 1.54) is 12.1 Å². The maximum absolute atomic E-state index is 13.7. The molecule has 0 bridgehead atoms. The summed E-state index contributed by atoms with van der Waals surface area (Å²) in [6.07, 6.45) is 3.25. The summed E-state index contributed by atoms with van der Waals surface area (Å²) < 4.78 is 24.9. The van der Waals surface area contributed by atoms with Crippen LogP contribution in [0.5, 0.6) is 5.75 Å². The number of benzene rings is 2. The van der Waals surface area contributed by atoms with Crippen LogP contribution < -0.4 is 20.3 Å². The van der Waals surface area contributed by atoms with Gasteiger partial charge in [-0.15, -0.1) is 12.6 Å². The third-order valence-electron chi connectivity index (χ3n) is 7.52. The second-order valence-electron chi connectivity index (χ2n) is 10.0. The monoisotopic (exact) mass is 541 g/mol. The average Bonchev–Trinajstić information content (AvgIpc) is 3.35. The molecular weight excluding hydrogens is 509 g/mol. The third-order valence-corrected chi connectivity index (χ3v) is 7.65. The molecular formula is C28H32FN3O5S. The first kappa shape index (κ1) is 26.4. The van der Waals surface area contributed by atoms with Gasteiger partial charge < -0.3 is 29.8 Å². The smallest absolute Gasteiger partial charge is 0.287 e. The number of nitrogens with one attached hydrogen (secondary N) is 2. The van der Waals surface area contributed by atoms with Crippen molar-refractivity contribution in [1.29, 1.82) is 0 Å². The number of para-hydroxylation sites is 1. The number of amides is 2. The average molecular weight is 542 g/mol. The van der Waals surface area contributed by atoms with Gasteiger partial charge in [0.25, 0.3) is 5.91 Å². The van der Waals surface area contributed by atoms with E-state index < -0.39 is 29.4 Å². The molecule has 38 heavy (non-hydrogen) atoms. The molecule has 1 aliphatic carbocycles. The summed E-state index contributed by atoms with van der Waals surface area (Å²) in [5, 5.41) is 17.8. The topological polar surface area (TPSA) is 104 Å². The van der Waals surface area contributed by atoms with Crippen molar-refractivity contribution >= 4 is 41.1 Å². The number of halogens is 1. The summed E-state index contributed by atoms with van der Waals surface area (Å²) in [4.78, 5) is 28.7. The van der Waals surface area contributed by atoms with Gasteiger partial charge in [0.05, 0.1) is 17.8 Å². The van der Waals surface area contributed by atoms with Gasteiger partial charge in [0.2, 0.25) is 5.91 Å². The van der Waals surface area contributed by atoms with E-state index in [9.17, 15) is 19.1 Å². The molecule has 2 amide bonds. The Labute approximate surface area is 225 Å². The number of aliphatic hydroxyl groups is 1. The fraction of sp³-hybridized carbons (Fsp3) is 0.429. The van der Waals surface area contributed by atoms with Gasteiger partial charge in [-0.3, -0.25) is 9.59 Å². The number of furan rings is 1. The fourth-order valence-corrected chi connectivity index (χ4v) is 5.64. The number of hydrogen-bond donors (Lipinski definition) is 4. The molecule has 3 aromatic rings. The number of piperidine rings is 1. The van der Waals surface area contributed by atoms with Crippen molar-refractivity contribution in [3.63, 3.8) is 0 Å². The molecule has 10 heteroatoms. The molecule has 1 aliphatic heterocycles. The Hall–Kier alpha value is -3.24. The number of carbonyl (C=O) groups is 2. The molecule has 2 heterocycles. The van der Waals surface area contributed by atoms with Crippen LogP contribution in [-0.2, 0) is 4.79 Å². The van der Waals surface area contributed by atoms with Crippen molar-refractivity contribution in [3.8, 4) is 5.75 Å². The number of ether oxygens (including phenoxy) is 1. The first-order valence-corrected chi connectivity index (χ1v) is 13.6. The second kappa shape index (κ2) is 11.2. The predicted octanol–water partition coefficient (Wildman–Crippen LogP) is 4.03. The Balaban J connectivity index is 1.27. The maximum atomic E-state index is 13.7. The van der Waals surface area contributed by atoms with Crippen LogP contribution >= 0.6 is 12.6 Å². The lowest BCUT2D eigenvalue weighted by molar-refractivity contribution is -0.130. The van der Waals surface area contributed by atoms with Crippen molar-refractivity contribution < 1.29 is 28.2 Å². The molecule has 2 aliphatic rings. The third kappa shape index (κ3) is 5.47. The number of hydrogen-bond acceptors (Lipinski definition) is 7. The minimum absolute atomic E-state index is 0.0906. The molecule has 202 valence electrons. The van der Waals surface area contributed by atoms with Gasteiger partial charge in [-0.1, -0.05) is 37.5 Å². The lowest BCUT2D eigenvalue weighted by Gasteiger charge is -2.41. The molecule has 2 unspecified atom stereocenters. The summed E-state index contributed by atoms with van der Waals surface area (Å²) in [5.41, 5.74) is 0.195. The maximum Gasteiger partial charge on any atom is 0.287 e. The van der Waals surface area contributed by atoms with Gasteiger partial charge in [0.1, 0.15) is 28.6 Å². The van der Waals surface area contributed by atoms with Crippen molar-refractivity contribution in [1.82, 2.24) is 10.6 Å². The summed E-state index contributed by atoms with van der Waals surface area (Å²) in [7, 11) is 0. The molecule has 0 radical (unpaired) electrons. The van der Waals surface area contributed by atoms with E-state index >= 15 is 0 Å². The van der Waals surface area contributed by atoms with Crippen LogP contribution in [0, 0.1) is 5.82 Å². The van der Waals surface area contributed by atoms with E-state index in [4.69, 9.17) is 9.15 Å². The van der Waals surface area contributed by atoms with E-state index in [1.54, 1.807) is 18.2 Å². The first-order valence-electron chi connectivity index (χ1n) is 13.0.